The summed E-state index contributed by atoms with van der Waals surface area (Å²) in [7, 11) is 0. The molecule has 2 saturated heterocycles. The first-order valence-electron chi connectivity index (χ1n) is 10.8. The van der Waals surface area contributed by atoms with Crippen LogP contribution in [0.4, 0.5) is 0 Å². The van der Waals surface area contributed by atoms with E-state index >= 15 is 0 Å². The number of hydrogen-bond acceptors (Lipinski definition) is 3. The van der Waals surface area contributed by atoms with Gasteiger partial charge in [0.05, 0.1) is 6.04 Å². The first-order valence-corrected chi connectivity index (χ1v) is 10.8. The van der Waals surface area contributed by atoms with Crippen molar-refractivity contribution in [2.45, 2.75) is 75.9 Å². The number of hydrogen-bond donors (Lipinski definition) is 0. The van der Waals surface area contributed by atoms with Crippen LogP contribution >= 0.6 is 0 Å². The molecule has 0 unspecified atom stereocenters. The van der Waals surface area contributed by atoms with Gasteiger partial charge in [-0.3, -0.25) is 9.59 Å². The number of benzene rings is 1. The molecule has 4 atom stereocenters. The van der Waals surface area contributed by atoms with E-state index in [0.29, 0.717) is 18.9 Å². The molecule has 1 saturated carbocycles. The highest BCUT2D eigenvalue weighted by molar-refractivity contribution is 5.90. The first kappa shape index (κ1) is 19.2. The molecule has 2 heterocycles. The van der Waals surface area contributed by atoms with Gasteiger partial charge >= 0.3 is 0 Å². The largest absolute Gasteiger partial charge is 0.331 e. The number of nitrogens with zero attached hydrogens (tertiary/aromatic N) is 2. The Morgan fingerprint density at radius 3 is 2.68 bits per heavy atom. The summed E-state index contributed by atoms with van der Waals surface area (Å²) in [5.41, 5.74) is 1.24. The Hall–Kier alpha value is -2.17. The normalized spacial score (nSPS) is 29.1. The van der Waals surface area contributed by atoms with Crippen LogP contribution in [0.3, 0.4) is 0 Å². The molecule has 0 spiro atoms. The summed E-state index contributed by atoms with van der Waals surface area (Å²) in [6, 6.07) is 9.78. The fourth-order valence-corrected chi connectivity index (χ4v) is 5.48. The molecule has 3 fully saturated rings. The van der Waals surface area contributed by atoms with Crippen molar-refractivity contribution in [2.24, 2.45) is 5.92 Å². The van der Waals surface area contributed by atoms with Gasteiger partial charge < -0.3 is 14.6 Å². The predicted molar refractivity (Wildman–Crippen MR) is 107 cm³/mol. The Labute approximate surface area is 167 Å². The Bertz CT molecular complexity index is 720. The second kappa shape index (κ2) is 8.46. The van der Waals surface area contributed by atoms with Gasteiger partial charge in [-0.05, 0) is 56.4 Å². The van der Waals surface area contributed by atoms with Gasteiger partial charge in [0.1, 0.15) is 12.3 Å². The number of carbonyl (C=O) groups is 3. The fraction of sp³-hybridized carbons (Fsp3) is 0.609. The molecular formula is C23H30N2O3. The average Bonchev–Trinajstić information content (AvgIpc) is 3.43. The molecule has 0 radical (unpaired) electrons. The molecule has 5 heteroatoms. The van der Waals surface area contributed by atoms with E-state index in [1.807, 2.05) is 23.1 Å². The molecule has 5 nitrogen and oxygen atoms in total. The summed E-state index contributed by atoms with van der Waals surface area (Å²) in [5.74, 6) is 0.565. The lowest BCUT2D eigenvalue weighted by Gasteiger charge is -2.32. The van der Waals surface area contributed by atoms with Gasteiger partial charge in [0.15, 0.2) is 0 Å². The van der Waals surface area contributed by atoms with E-state index in [1.54, 1.807) is 4.90 Å². The smallest absolute Gasteiger partial charge is 0.246 e. The highest BCUT2D eigenvalue weighted by Gasteiger charge is 2.50. The van der Waals surface area contributed by atoms with E-state index in [2.05, 4.69) is 12.1 Å². The molecule has 1 aromatic rings. The maximum atomic E-state index is 13.2. The monoisotopic (exact) mass is 382 g/mol. The summed E-state index contributed by atoms with van der Waals surface area (Å²) >= 11 is 0. The second-order valence-corrected chi connectivity index (χ2v) is 8.53. The molecule has 0 aromatic heterocycles. The zero-order valence-corrected chi connectivity index (χ0v) is 16.5. The maximum absolute atomic E-state index is 13.2. The van der Waals surface area contributed by atoms with Crippen LogP contribution < -0.4 is 0 Å². The third-order valence-corrected chi connectivity index (χ3v) is 6.85. The number of likely N-dealkylation sites (tertiary alicyclic amines) is 2. The molecule has 2 aliphatic heterocycles. The van der Waals surface area contributed by atoms with Crippen molar-refractivity contribution in [1.82, 2.24) is 9.80 Å². The SMILES string of the molecule is O=C[C@@H]1CCCN1C(=O)[C@@H]1C[C@@H]2CCC[C@@H]2N1C(=O)CCCc1ccccc1. The standard InChI is InChI=1S/C23H30N2O3/c26-16-19-11-6-14-24(19)23(28)21-15-18-10-5-12-20(18)25(21)22(27)13-4-9-17-7-2-1-3-8-17/h1-3,7-8,16,18-21H,4-6,9-15H2/t18-,19-,20-,21-/m0/s1. The van der Waals surface area contributed by atoms with Crippen molar-refractivity contribution in [1.29, 1.82) is 0 Å². The molecule has 4 rings (SSSR count). The van der Waals surface area contributed by atoms with Crippen molar-refractivity contribution in [3.05, 3.63) is 35.9 Å². The van der Waals surface area contributed by atoms with Crippen LogP contribution in [-0.2, 0) is 20.8 Å². The van der Waals surface area contributed by atoms with Gasteiger partial charge in [-0.25, -0.2) is 0 Å². The van der Waals surface area contributed by atoms with Crippen molar-refractivity contribution in [2.75, 3.05) is 6.54 Å². The summed E-state index contributed by atoms with van der Waals surface area (Å²) < 4.78 is 0. The fourth-order valence-electron chi connectivity index (χ4n) is 5.48. The molecule has 0 bridgehead atoms. The number of amides is 2. The van der Waals surface area contributed by atoms with Crippen molar-refractivity contribution in [3.63, 3.8) is 0 Å². The average molecular weight is 383 g/mol. The summed E-state index contributed by atoms with van der Waals surface area (Å²) in [6.07, 6.45) is 8.73. The zero-order valence-electron chi connectivity index (χ0n) is 16.5. The number of rotatable bonds is 6. The molecule has 0 N–H and O–H groups in total. The van der Waals surface area contributed by atoms with E-state index in [-0.39, 0.29) is 29.9 Å². The van der Waals surface area contributed by atoms with E-state index in [0.717, 1.165) is 57.7 Å². The highest BCUT2D eigenvalue weighted by atomic mass is 16.2. The number of aldehydes is 1. The summed E-state index contributed by atoms with van der Waals surface area (Å²) in [5, 5.41) is 0. The number of carbonyl (C=O) groups excluding carboxylic acids is 3. The Morgan fingerprint density at radius 2 is 1.89 bits per heavy atom. The molecule has 2 amide bonds. The van der Waals surface area contributed by atoms with E-state index in [4.69, 9.17) is 0 Å². The lowest BCUT2D eigenvalue weighted by molar-refractivity contribution is -0.146. The van der Waals surface area contributed by atoms with Crippen LogP contribution in [0.1, 0.15) is 56.9 Å². The van der Waals surface area contributed by atoms with Crippen molar-refractivity contribution < 1.29 is 14.4 Å². The molecule has 150 valence electrons. The summed E-state index contributed by atoms with van der Waals surface area (Å²) in [6.45, 7) is 0.643. The van der Waals surface area contributed by atoms with Crippen LogP contribution in [0.5, 0.6) is 0 Å². The van der Waals surface area contributed by atoms with Crippen LogP contribution in [-0.4, -0.2) is 52.6 Å². The molecule has 1 aromatic carbocycles. The predicted octanol–water partition coefficient (Wildman–Crippen LogP) is 2.97. The summed E-state index contributed by atoms with van der Waals surface area (Å²) in [4.78, 5) is 41.4. The lowest BCUT2D eigenvalue weighted by atomic mass is 10.0. The maximum Gasteiger partial charge on any atom is 0.246 e. The number of fused-ring (bicyclic) bond motifs is 1. The van der Waals surface area contributed by atoms with Gasteiger partial charge in [0.2, 0.25) is 11.8 Å². The third kappa shape index (κ3) is 3.71. The van der Waals surface area contributed by atoms with Crippen LogP contribution in [0, 0.1) is 5.92 Å². The van der Waals surface area contributed by atoms with Gasteiger partial charge in [0.25, 0.3) is 0 Å². The Morgan fingerprint density at radius 1 is 1.07 bits per heavy atom. The van der Waals surface area contributed by atoms with Crippen molar-refractivity contribution >= 4 is 18.1 Å². The van der Waals surface area contributed by atoms with Crippen LogP contribution in [0.25, 0.3) is 0 Å². The minimum absolute atomic E-state index is 0.000379. The Kier molecular flexibility index (Phi) is 5.79. The van der Waals surface area contributed by atoms with Crippen LogP contribution in [0.2, 0.25) is 0 Å². The second-order valence-electron chi connectivity index (χ2n) is 8.53. The molecular weight excluding hydrogens is 352 g/mol. The molecule has 1 aliphatic carbocycles. The van der Waals surface area contributed by atoms with Gasteiger partial charge in [-0.1, -0.05) is 36.8 Å². The topological polar surface area (TPSA) is 57.7 Å². The van der Waals surface area contributed by atoms with E-state index < -0.39 is 0 Å². The van der Waals surface area contributed by atoms with E-state index in [1.165, 1.54) is 5.56 Å². The number of aryl methyl sites for hydroxylation is 1. The minimum atomic E-state index is -0.361. The quantitative estimate of drug-likeness (QED) is 0.711. The third-order valence-electron chi connectivity index (χ3n) is 6.85. The zero-order chi connectivity index (χ0) is 19.5. The van der Waals surface area contributed by atoms with Gasteiger partial charge in [0, 0.05) is 19.0 Å². The minimum Gasteiger partial charge on any atom is -0.331 e. The van der Waals surface area contributed by atoms with E-state index in [9.17, 15) is 14.4 Å². The van der Waals surface area contributed by atoms with Crippen molar-refractivity contribution in [3.8, 4) is 0 Å². The van der Waals surface area contributed by atoms with Gasteiger partial charge in [-0.2, -0.15) is 0 Å². The highest BCUT2D eigenvalue weighted by Crippen LogP contribution is 2.42. The molecule has 3 aliphatic rings. The lowest BCUT2D eigenvalue weighted by Crippen LogP contribution is -2.51. The molecule has 28 heavy (non-hydrogen) atoms. The van der Waals surface area contributed by atoms with Gasteiger partial charge in [-0.15, -0.1) is 0 Å². The first-order chi connectivity index (χ1) is 13.7. The Balaban J connectivity index is 1.43. The van der Waals surface area contributed by atoms with Crippen LogP contribution in [0.15, 0.2) is 30.3 Å².